The molecule has 0 aliphatic heterocycles. The normalized spacial score (nSPS) is 10.8. The quantitative estimate of drug-likeness (QED) is 0.212. The molecule has 32 heavy (non-hydrogen) atoms. The topological polar surface area (TPSA) is 86.8 Å². The van der Waals surface area contributed by atoms with Crippen molar-refractivity contribution in [2.45, 2.75) is 6.92 Å². The first-order chi connectivity index (χ1) is 15.4. The number of amides is 2. The summed E-state index contributed by atoms with van der Waals surface area (Å²) in [5, 5.41) is 14.1. The summed E-state index contributed by atoms with van der Waals surface area (Å²) in [6, 6.07) is 21.4. The van der Waals surface area contributed by atoms with Crippen molar-refractivity contribution < 1.29 is 9.53 Å². The predicted octanol–water partition coefficient (Wildman–Crippen LogP) is 5.70. The Morgan fingerprint density at radius 2 is 1.34 bits per heavy atom. The SMILES string of the molecule is COc1ccc(NC(=S)Nc2ccc(/C(C)=N/NC(=O)Nc3ccc(Cl)cc3)cc2)cc1. The highest BCUT2D eigenvalue weighted by molar-refractivity contribution is 7.80. The van der Waals surface area contributed by atoms with E-state index in [-0.39, 0.29) is 0 Å². The van der Waals surface area contributed by atoms with E-state index in [1.54, 1.807) is 38.3 Å². The monoisotopic (exact) mass is 467 g/mol. The predicted molar refractivity (Wildman–Crippen MR) is 135 cm³/mol. The third kappa shape index (κ3) is 6.97. The van der Waals surface area contributed by atoms with Gasteiger partial charge in [-0.15, -0.1) is 0 Å². The number of hydrogen-bond acceptors (Lipinski definition) is 4. The molecule has 7 nitrogen and oxygen atoms in total. The van der Waals surface area contributed by atoms with Gasteiger partial charge in [0.2, 0.25) is 0 Å². The van der Waals surface area contributed by atoms with Gasteiger partial charge in [-0.05, 0) is 85.4 Å². The van der Waals surface area contributed by atoms with Gasteiger partial charge in [0.25, 0.3) is 0 Å². The van der Waals surface area contributed by atoms with Gasteiger partial charge in [0.15, 0.2) is 5.11 Å². The molecule has 3 rings (SSSR count). The molecule has 2 amide bonds. The summed E-state index contributed by atoms with van der Waals surface area (Å²) in [6.45, 7) is 1.81. The smallest absolute Gasteiger partial charge is 0.339 e. The Bertz CT molecular complexity index is 1100. The lowest BCUT2D eigenvalue weighted by molar-refractivity contribution is 0.252. The van der Waals surface area contributed by atoms with Crippen molar-refractivity contribution in [3.63, 3.8) is 0 Å². The molecule has 0 heterocycles. The number of nitrogens with zero attached hydrogens (tertiary/aromatic N) is 1. The van der Waals surface area contributed by atoms with Crippen LogP contribution in [0.5, 0.6) is 5.75 Å². The molecular formula is C23H22ClN5O2S. The Balaban J connectivity index is 1.51. The molecule has 164 valence electrons. The number of halogens is 1. The van der Waals surface area contributed by atoms with Crippen LogP contribution in [0, 0.1) is 0 Å². The molecular weight excluding hydrogens is 446 g/mol. The molecule has 4 N–H and O–H groups in total. The van der Waals surface area contributed by atoms with Crippen LogP contribution < -0.4 is 26.1 Å². The summed E-state index contributed by atoms with van der Waals surface area (Å²) in [6.07, 6.45) is 0. The number of urea groups is 1. The van der Waals surface area contributed by atoms with Crippen LogP contribution in [0.2, 0.25) is 5.02 Å². The molecule has 0 radical (unpaired) electrons. The number of ether oxygens (including phenoxy) is 1. The number of benzene rings is 3. The van der Waals surface area contributed by atoms with Crippen molar-refractivity contribution >= 4 is 57.7 Å². The van der Waals surface area contributed by atoms with Gasteiger partial charge in [0, 0.05) is 22.1 Å². The molecule has 0 unspecified atom stereocenters. The molecule has 9 heteroatoms. The molecule has 0 saturated carbocycles. The fraction of sp³-hybridized carbons (Fsp3) is 0.0870. The second-order valence-corrected chi connectivity index (χ2v) is 7.50. The molecule has 0 saturated heterocycles. The number of methoxy groups -OCH3 is 1. The van der Waals surface area contributed by atoms with Crippen molar-refractivity contribution in [3.05, 3.63) is 83.4 Å². The van der Waals surface area contributed by atoms with Crippen molar-refractivity contribution in [2.24, 2.45) is 5.10 Å². The lowest BCUT2D eigenvalue weighted by Crippen LogP contribution is -2.25. The maximum Gasteiger partial charge on any atom is 0.339 e. The first-order valence-electron chi connectivity index (χ1n) is 9.62. The second-order valence-electron chi connectivity index (χ2n) is 6.66. The van der Waals surface area contributed by atoms with Gasteiger partial charge >= 0.3 is 6.03 Å². The fourth-order valence-corrected chi connectivity index (χ4v) is 3.02. The Labute approximate surface area is 196 Å². The number of carbonyl (C=O) groups excluding carboxylic acids is 1. The third-order valence-corrected chi connectivity index (χ3v) is 4.79. The Morgan fingerprint density at radius 3 is 1.91 bits per heavy atom. The summed E-state index contributed by atoms with van der Waals surface area (Å²) in [5.74, 6) is 0.777. The molecule has 0 spiro atoms. The number of hydrazone groups is 1. The maximum absolute atomic E-state index is 12.0. The zero-order chi connectivity index (χ0) is 22.9. The van der Waals surface area contributed by atoms with Gasteiger partial charge in [-0.3, -0.25) is 0 Å². The zero-order valence-corrected chi connectivity index (χ0v) is 19.1. The van der Waals surface area contributed by atoms with E-state index in [0.717, 1.165) is 22.7 Å². The highest BCUT2D eigenvalue weighted by Crippen LogP contribution is 2.16. The van der Waals surface area contributed by atoms with E-state index in [9.17, 15) is 4.79 Å². The lowest BCUT2D eigenvalue weighted by Gasteiger charge is -2.11. The summed E-state index contributed by atoms with van der Waals surface area (Å²) in [5.41, 5.74) is 6.28. The second kappa shape index (κ2) is 11.1. The van der Waals surface area contributed by atoms with Crippen molar-refractivity contribution in [2.75, 3.05) is 23.1 Å². The van der Waals surface area contributed by atoms with Gasteiger partial charge in [-0.2, -0.15) is 5.10 Å². The lowest BCUT2D eigenvalue weighted by atomic mass is 10.1. The van der Waals surface area contributed by atoms with Crippen molar-refractivity contribution in [1.29, 1.82) is 0 Å². The maximum atomic E-state index is 12.0. The first kappa shape index (κ1) is 23.1. The van der Waals surface area contributed by atoms with E-state index in [4.69, 9.17) is 28.6 Å². The number of nitrogens with one attached hydrogen (secondary N) is 4. The fourth-order valence-electron chi connectivity index (χ4n) is 2.65. The number of thiocarbonyl (C=S) groups is 1. The van der Waals surface area contributed by atoms with Crippen LogP contribution >= 0.6 is 23.8 Å². The highest BCUT2D eigenvalue weighted by atomic mass is 35.5. The molecule has 0 aliphatic carbocycles. The minimum atomic E-state index is -0.445. The third-order valence-electron chi connectivity index (χ3n) is 4.34. The van der Waals surface area contributed by atoms with Gasteiger partial charge in [0.05, 0.1) is 12.8 Å². The summed E-state index contributed by atoms with van der Waals surface area (Å²) in [4.78, 5) is 12.0. The number of anilines is 3. The van der Waals surface area contributed by atoms with Crippen LogP contribution in [0.15, 0.2) is 77.9 Å². The van der Waals surface area contributed by atoms with Crippen LogP contribution in [0.1, 0.15) is 12.5 Å². The Kier molecular flexibility index (Phi) is 8.02. The van der Waals surface area contributed by atoms with Crippen LogP contribution in [0.4, 0.5) is 21.9 Å². The number of carbonyl (C=O) groups is 1. The molecule has 0 aromatic heterocycles. The molecule has 0 aliphatic rings. The minimum absolute atomic E-state index is 0.445. The van der Waals surface area contributed by atoms with E-state index >= 15 is 0 Å². The van der Waals surface area contributed by atoms with E-state index in [2.05, 4.69) is 26.5 Å². The zero-order valence-electron chi connectivity index (χ0n) is 17.5. The summed E-state index contributed by atoms with van der Waals surface area (Å²) >= 11 is 11.2. The van der Waals surface area contributed by atoms with Crippen LogP contribution in [-0.2, 0) is 0 Å². The van der Waals surface area contributed by atoms with Crippen LogP contribution in [0.3, 0.4) is 0 Å². The average Bonchev–Trinajstić information content (AvgIpc) is 2.80. The average molecular weight is 468 g/mol. The van der Waals surface area contributed by atoms with E-state index in [0.29, 0.717) is 21.5 Å². The molecule has 0 bridgehead atoms. The summed E-state index contributed by atoms with van der Waals surface area (Å²) < 4.78 is 5.14. The first-order valence-corrected chi connectivity index (χ1v) is 10.4. The number of rotatable bonds is 6. The van der Waals surface area contributed by atoms with Gasteiger partial charge < -0.3 is 20.7 Å². The van der Waals surface area contributed by atoms with Crippen molar-refractivity contribution in [3.8, 4) is 5.75 Å². The molecule has 3 aromatic carbocycles. The van der Waals surface area contributed by atoms with E-state index in [1.165, 1.54) is 0 Å². The molecule has 3 aromatic rings. The van der Waals surface area contributed by atoms with Gasteiger partial charge in [-0.1, -0.05) is 23.7 Å². The minimum Gasteiger partial charge on any atom is -0.497 e. The molecule has 0 atom stereocenters. The van der Waals surface area contributed by atoms with Crippen LogP contribution in [0.25, 0.3) is 0 Å². The standard InChI is InChI=1S/C23H22ClN5O2S/c1-15(28-29-22(30)25-18-9-5-17(24)6-10-18)16-3-7-19(8-4-16)26-23(32)27-20-11-13-21(31-2)14-12-20/h3-14H,1-2H3,(H2,25,29,30)(H2,26,27,32)/b28-15+. The Hall–Kier alpha value is -3.62. The van der Waals surface area contributed by atoms with Crippen molar-refractivity contribution in [1.82, 2.24) is 5.43 Å². The molecule has 0 fully saturated rings. The van der Waals surface area contributed by atoms with E-state index < -0.39 is 6.03 Å². The van der Waals surface area contributed by atoms with E-state index in [1.807, 2.05) is 48.5 Å². The number of hydrogen-bond donors (Lipinski definition) is 4. The van der Waals surface area contributed by atoms with Crippen LogP contribution in [-0.4, -0.2) is 24.0 Å². The van der Waals surface area contributed by atoms with Gasteiger partial charge in [-0.25, -0.2) is 10.2 Å². The summed E-state index contributed by atoms with van der Waals surface area (Å²) in [7, 11) is 1.62. The largest absolute Gasteiger partial charge is 0.497 e. The highest BCUT2D eigenvalue weighted by Gasteiger charge is 2.04. The Morgan fingerprint density at radius 1 is 0.844 bits per heavy atom. The van der Waals surface area contributed by atoms with Gasteiger partial charge in [0.1, 0.15) is 5.75 Å².